The standard InChI is InChI=1S/C27H40N2O7/c1-15(30)23(24(33)34)28-22(32)14-36-29-18-7-10-25(3)17(13-18)5-6-19-20(25)8-11-26(4)21(19)9-12-27(26,35)16(2)31/h13,15,19-21,23,30,35H,5-12,14H2,1-4H3,(H,28,32)(H,33,34)/t15-,19-,20+,21+,23-,25+,26+,27+/m1/s1. The lowest BCUT2D eigenvalue weighted by atomic mass is 9.46. The molecule has 0 spiro atoms. The molecular formula is C27H40N2O7. The Morgan fingerprint density at radius 1 is 1.14 bits per heavy atom. The first-order chi connectivity index (χ1) is 16.8. The average Bonchev–Trinajstić information content (AvgIpc) is 3.09. The predicted molar refractivity (Wildman–Crippen MR) is 132 cm³/mol. The Morgan fingerprint density at radius 3 is 2.47 bits per heavy atom. The minimum absolute atomic E-state index is 0.0452. The summed E-state index contributed by atoms with van der Waals surface area (Å²) < 4.78 is 0. The molecule has 3 saturated carbocycles. The van der Waals surface area contributed by atoms with Crippen LogP contribution in [0.5, 0.6) is 0 Å². The number of ketones is 1. The maximum Gasteiger partial charge on any atom is 0.328 e. The van der Waals surface area contributed by atoms with Crippen LogP contribution in [0.4, 0.5) is 0 Å². The molecule has 0 aromatic rings. The number of amides is 1. The molecule has 9 heteroatoms. The zero-order chi connectivity index (χ0) is 26.5. The molecule has 0 saturated heterocycles. The van der Waals surface area contributed by atoms with Crippen LogP contribution in [0, 0.1) is 28.6 Å². The Bertz CT molecular complexity index is 991. The summed E-state index contributed by atoms with van der Waals surface area (Å²) in [5.41, 5.74) is 0.622. The largest absolute Gasteiger partial charge is 0.480 e. The van der Waals surface area contributed by atoms with Crippen molar-refractivity contribution in [1.29, 1.82) is 0 Å². The number of carbonyl (C=O) groups is 3. The number of allylic oxidation sites excluding steroid dienone is 2. The highest BCUT2D eigenvalue weighted by Crippen LogP contribution is 2.67. The fourth-order valence-electron chi connectivity index (χ4n) is 8.01. The maximum absolute atomic E-state index is 12.4. The Balaban J connectivity index is 1.42. The van der Waals surface area contributed by atoms with Crippen molar-refractivity contribution in [3.05, 3.63) is 11.6 Å². The normalized spacial score (nSPS) is 40.2. The van der Waals surface area contributed by atoms with Crippen molar-refractivity contribution in [2.45, 2.75) is 96.8 Å². The second-order valence-corrected chi connectivity index (χ2v) is 11.9. The summed E-state index contributed by atoms with van der Waals surface area (Å²) in [4.78, 5) is 40.8. The Labute approximate surface area is 212 Å². The minimum Gasteiger partial charge on any atom is -0.480 e. The van der Waals surface area contributed by atoms with Gasteiger partial charge in [-0.2, -0.15) is 0 Å². The molecule has 0 aromatic carbocycles. The number of nitrogens with zero attached hydrogens (tertiary/aromatic N) is 1. The summed E-state index contributed by atoms with van der Waals surface area (Å²) in [7, 11) is 0. The SMILES string of the molecule is CC(=O)[C@@]1(O)CC[C@H]2[C@@H]3CCC4=CC(=NOCC(=O)N[C@@H](C(=O)O)[C@@H](C)O)CC[C@]4(C)[C@H]3CC[C@@]21C. The molecule has 0 heterocycles. The van der Waals surface area contributed by atoms with Gasteiger partial charge >= 0.3 is 5.97 Å². The highest BCUT2D eigenvalue weighted by atomic mass is 16.6. The molecule has 0 radical (unpaired) electrons. The molecular weight excluding hydrogens is 464 g/mol. The van der Waals surface area contributed by atoms with Gasteiger partial charge in [0.2, 0.25) is 0 Å². The highest BCUT2D eigenvalue weighted by Gasteiger charge is 2.65. The van der Waals surface area contributed by atoms with E-state index in [0.29, 0.717) is 24.2 Å². The van der Waals surface area contributed by atoms with Crippen molar-refractivity contribution < 1.29 is 34.5 Å². The monoisotopic (exact) mass is 504 g/mol. The van der Waals surface area contributed by atoms with Crippen LogP contribution in [0.2, 0.25) is 0 Å². The third-order valence-electron chi connectivity index (χ3n) is 10.2. The number of carboxylic acid groups (broad SMARTS) is 1. The molecule has 4 aliphatic carbocycles. The number of hydrogen-bond donors (Lipinski definition) is 4. The second kappa shape index (κ2) is 9.56. The number of aliphatic hydroxyl groups is 2. The smallest absolute Gasteiger partial charge is 0.328 e. The van der Waals surface area contributed by atoms with Gasteiger partial charge in [0, 0.05) is 5.41 Å². The van der Waals surface area contributed by atoms with Crippen molar-refractivity contribution in [1.82, 2.24) is 5.32 Å². The number of aliphatic hydroxyl groups excluding tert-OH is 1. The van der Waals surface area contributed by atoms with E-state index in [1.165, 1.54) is 19.4 Å². The van der Waals surface area contributed by atoms with Crippen LogP contribution in [-0.4, -0.2) is 63.0 Å². The lowest BCUT2D eigenvalue weighted by molar-refractivity contribution is -0.159. The van der Waals surface area contributed by atoms with E-state index in [0.717, 1.165) is 50.7 Å². The van der Waals surface area contributed by atoms with Crippen molar-refractivity contribution in [3.8, 4) is 0 Å². The van der Waals surface area contributed by atoms with Crippen LogP contribution in [0.25, 0.3) is 0 Å². The van der Waals surface area contributed by atoms with Crippen LogP contribution in [0.3, 0.4) is 0 Å². The zero-order valence-corrected chi connectivity index (χ0v) is 21.7. The van der Waals surface area contributed by atoms with E-state index in [1.807, 2.05) is 0 Å². The Hall–Kier alpha value is -2.26. The van der Waals surface area contributed by atoms with E-state index in [-0.39, 0.29) is 16.6 Å². The number of oxime groups is 1. The third kappa shape index (κ3) is 4.28. The molecule has 36 heavy (non-hydrogen) atoms. The topological polar surface area (TPSA) is 146 Å². The molecule has 4 N–H and O–H groups in total. The lowest BCUT2D eigenvalue weighted by Gasteiger charge is -2.59. The van der Waals surface area contributed by atoms with Gasteiger partial charge < -0.3 is 25.5 Å². The Kier molecular flexibility index (Phi) is 7.11. The molecule has 200 valence electrons. The number of fused-ring (bicyclic) bond motifs is 5. The quantitative estimate of drug-likeness (QED) is 0.390. The number of carbonyl (C=O) groups excluding carboxylic acids is 2. The summed E-state index contributed by atoms with van der Waals surface area (Å²) in [6, 6.07) is -1.40. The Morgan fingerprint density at radius 2 is 1.83 bits per heavy atom. The highest BCUT2D eigenvalue weighted by molar-refractivity contribution is 5.96. The third-order valence-corrected chi connectivity index (χ3v) is 10.2. The molecule has 0 aliphatic heterocycles. The summed E-state index contributed by atoms with van der Waals surface area (Å²) in [6.07, 6.45) is 7.83. The number of hydrogen-bond acceptors (Lipinski definition) is 7. The first-order valence-corrected chi connectivity index (χ1v) is 13.2. The number of carboxylic acids is 1. The van der Waals surface area contributed by atoms with Gasteiger partial charge in [-0.25, -0.2) is 4.79 Å². The van der Waals surface area contributed by atoms with E-state index in [2.05, 4.69) is 30.4 Å². The van der Waals surface area contributed by atoms with Gasteiger partial charge in [-0.15, -0.1) is 0 Å². The molecule has 3 fully saturated rings. The summed E-state index contributed by atoms with van der Waals surface area (Å²) in [5, 5.41) is 36.3. The van der Waals surface area contributed by atoms with Gasteiger partial charge in [0.15, 0.2) is 18.4 Å². The lowest BCUT2D eigenvalue weighted by Crippen LogP contribution is -2.57. The first kappa shape index (κ1) is 26.8. The van der Waals surface area contributed by atoms with Crippen molar-refractivity contribution in [3.63, 3.8) is 0 Å². The van der Waals surface area contributed by atoms with Gasteiger partial charge in [-0.1, -0.05) is 24.6 Å². The van der Waals surface area contributed by atoms with Crippen molar-refractivity contribution >= 4 is 23.4 Å². The van der Waals surface area contributed by atoms with E-state index < -0.39 is 36.2 Å². The maximum atomic E-state index is 12.4. The molecule has 0 bridgehead atoms. The van der Waals surface area contributed by atoms with Gasteiger partial charge in [0.05, 0.1) is 11.8 Å². The van der Waals surface area contributed by atoms with Crippen LogP contribution in [0.1, 0.15) is 79.1 Å². The van der Waals surface area contributed by atoms with Crippen LogP contribution < -0.4 is 5.32 Å². The summed E-state index contributed by atoms with van der Waals surface area (Å²) in [5.74, 6) is -0.709. The molecule has 0 aromatic heterocycles. The van der Waals surface area contributed by atoms with E-state index >= 15 is 0 Å². The number of rotatable bonds is 7. The van der Waals surface area contributed by atoms with E-state index in [9.17, 15) is 24.6 Å². The molecule has 4 rings (SSSR count). The van der Waals surface area contributed by atoms with Crippen molar-refractivity contribution in [2.75, 3.05) is 6.61 Å². The zero-order valence-electron chi connectivity index (χ0n) is 21.7. The average molecular weight is 505 g/mol. The summed E-state index contributed by atoms with van der Waals surface area (Å²) in [6.45, 7) is 6.88. The molecule has 1 amide bonds. The van der Waals surface area contributed by atoms with Gasteiger partial charge in [-0.05, 0) is 94.5 Å². The molecule has 9 nitrogen and oxygen atoms in total. The second-order valence-electron chi connectivity index (χ2n) is 11.9. The molecule has 0 unspecified atom stereocenters. The number of Topliss-reactive ketones (excluding diaryl/α,β-unsaturated/α-hetero) is 1. The minimum atomic E-state index is -1.40. The number of nitrogens with one attached hydrogen (secondary N) is 1. The molecule has 8 atom stereocenters. The van der Waals surface area contributed by atoms with Crippen LogP contribution in [-0.2, 0) is 19.2 Å². The number of aliphatic carboxylic acids is 1. The first-order valence-electron chi connectivity index (χ1n) is 13.2. The predicted octanol–water partition coefficient (Wildman–Crippen LogP) is 2.59. The van der Waals surface area contributed by atoms with Crippen LogP contribution in [0.15, 0.2) is 16.8 Å². The molecule has 4 aliphatic rings. The van der Waals surface area contributed by atoms with Gasteiger partial charge in [-0.3, -0.25) is 9.59 Å². The van der Waals surface area contributed by atoms with Crippen LogP contribution >= 0.6 is 0 Å². The van der Waals surface area contributed by atoms with E-state index in [4.69, 9.17) is 9.94 Å². The van der Waals surface area contributed by atoms with Gasteiger partial charge in [0.25, 0.3) is 5.91 Å². The van der Waals surface area contributed by atoms with E-state index in [1.54, 1.807) is 0 Å². The van der Waals surface area contributed by atoms with Gasteiger partial charge in [0.1, 0.15) is 5.60 Å². The van der Waals surface area contributed by atoms with Crippen molar-refractivity contribution in [2.24, 2.45) is 33.7 Å². The fourth-order valence-corrected chi connectivity index (χ4v) is 8.01. The summed E-state index contributed by atoms with van der Waals surface area (Å²) >= 11 is 0. The fraction of sp³-hybridized carbons (Fsp3) is 0.778.